The van der Waals surface area contributed by atoms with Gasteiger partial charge in [0, 0.05) is 23.7 Å². The lowest BCUT2D eigenvalue weighted by molar-refractivity contribution is 0.0884. The Morgan fingerprint density at radius 3 is 2.78 bits per heavy atom. The van der Waals surface area contributed by atoms with Crippen molar-refractivity contribution in [1.82, 2.24) is 4.98 Å². The van der Waals surface area contributed by atoms with Crippen LogP contribution in [0.4, 0.5) is 0 Å². The molecule has 0 aliphatic heterocycles. The number of Topliss-reactive ketones (excluding diaryl/α,β-unsaturated/α-hetero) is 1. The van der Waals surface area contributed by atoms with E-state index in [9.17, 15) is 4.79 Å². The Balaban J connectivity index is 2.06. The van der Waals surface area contributed by atoms with Gasteiger partial charge in [0.25, 0.3) is 0 Å². The third kappa shape index (κ3) is 3.07. The van der Waals surface area contributed by atoms with Crippen molar-refractivity contribution in [2.75, 3.05) is 6.61 Å². The molecule has 1 saturated carbocycles. The SMILES string of the molecule is CCOc1cncc(C(=O)C2CCC(N)CC2)c1. The molecular weight excluding hydrogens is 228 g/mol. The number of hydrogen-bond donors (Lipinski definition) is 1. The summed E-state index contributed by atoms with van der Waals surface area (Å²) in [6.45, 7) is 2.49. The topological polar surface area (TPSA) is 65.2 Å². The zero-order valence-corrected chi connectivity index (χ0v) is 10.8. The van der Waals surface area contributed by atoms with Crippen LogP contribution in [0.3, 0.4) is 0 Å². The zero-order valence-electron chi connectivity index (χ0n) is 10.8. The van der Waals surface area contributed by atoms with Gasteiger partial charge in [-0.05, 0) is 38.7 Å². The molecule has 0 bridgehead atoms. The van der Waals surface area contributed by atoms with Gasteiger partial charge in [0.05, 0.1) is 12.8 Å². The molecule has 4 heteroatoms. The van der Waals surface area contributed by atoms with Gasteiger partial charge < -0.3 is 10.5 Å². The Hall–Kier alpha value is -1.42. The smallest absolute Gasteiger partial charge is 0.167 e. The molecule has 0 unspecified atom stereocenters. The molecule has 1 aromatic heterocycles. The molecule has 0 amide bonds. The number of ether oxygens (including phenoxy) is 1. The first kappa shape index (κ1) is 13.0. The minimum absolute atomic E-state index is 0.100. The number of hydrogen-bond acceptors (Lipinski definition) is 4. The normalized spacial score (nSPS) is 23.7. The highest BCUT2D eigenvalue weighted by Crippen LogP contribution is 2.27. The second-order valence-electron chi connectivity index (χ2n) is 4.82. The lowest BCUT2D eigenvalue weighted by Crippen LogP contribution is -2.29. The maximum atomic E-state index is 12.3. The van der Waals surface area contributed by atoms with Gasteiger partial charge >= 0.3 is 0 Å². The number of nitrogens with two attached hydrogens (primary N) is 1. The van der Waals surface area contributed by atoms with Crippen molar-refractivity contribution in [2.24, 2.45) is 11.7 Å². The predicted molar refractivity (Wildman–Crippen MR) is 69.7 cm³/mol. The molecule has 1 aliphatic rings. The van der Waals surface area contributed by atoms with Crippen LogP contribution < -0.4 is 10.5 Å². The molecule has 0 spiro atoms. The zero-order chi connectivity index (χ0) is 13.0. The van der Waals surface area contributed by atoms with Crippen molar-refractivity contribution in [1.29, 1.82) is 0 Å². The van der Waals surface area contributed by atoms with Crippen LogP contribution in [0.15, 0.2) is 18.5 Å². The third-order valence-electron chi connectivity index (χ3n) is 3.45. The van der Waals surface area contributed by atoms with E-state index in [2.05, 4.69) is 4.98 Å². The van der Waals surface area contributed by atoms with Gasteiger partial charge in [0.15, 0.2) is 5.78 Å². The maximum absolute atomic E-state index is 12.3. The molecule has 1 aliphatic carbocycles. The van der Waals surface area contributed by atoms with Gasteiger partial charge in [0.2, 0.25) is 0 Å². The highest BCUT2D eigenvalue weighted by molar-refractivity contribution is 5.97. The van der Waals surface area contributed by atoms with Crippen LogP contribution in [-0.2, 0) is 0 Å². The van der Waals surface area contributed by atoms with Crippen LogP contribution in [0.1, 0.15) is 43.0 Å². The molecule has 2 N–H and O–H groups in total. The molecule has 1 heterocycles. The van der Waals surface area contributed by atoms with Crippen molar-refractivity contribution in [3.63, 3.8) is 0 Å². The first-order valence-corrected chi connectivity index (χ1v) is 6.58. The van der Waals surface area contributed by atoms with Crippen LogP contribution in [0.2, 0.25) is 0 Å². The number of carbonyl (C=O) groups excluding carboxylic acids is 1. The molecule has 0 saturated heterocycles. The van der Waals surface area contributed by atoms with Gasteiger partial charge in [-0.3, -0.25) is 9.78 Å². The van der Waals surface area contributed by atoms with E-state index in [1.165, 1.54) is 0 Å². The van der Waals surface area contributed by atoms with Gasteiger partial charge in [0.1, 0.15) is 5.75 Å². The van der Waals surface area contributed by atoms with Crippen molar-refractivity contribution in [2.45, 2.75) is 38.6 Å². The fourth-order valence-electron chi connectivity index (χ4n) is 2.42. The summed E-state index contributed by atoms with van der Waals surface area (Å²) >= 11 is 0. The Kier molecular flexibility index (Phi) is 4.31. The van der Waals surface area contributed by atoms with Crippen LogP contribution in [0.5, 0.6) is 5.75 Å². The number of rotatable bonds is 4. The number of pyridine rings is 1. The average molecular weight is 248 g/mol. The minimum Gasteiger partial charge on any atom is -0.492 e. The summed E-state index contributed by atoms with van der Waals surface area (Å²) in [7, 11) is 0. The number of nitrogens with zero attached hydrogens (tertiary/aromatic N) is 1. The third-order valence-corrected chi connectivity index (χ3v) is 3.45. The number of carbonyl (C=O) groups is 1. The van der Waals surface area contributed by atoms with Crippen molar-refractivity contribution >= 4 is 5.78 Å². The summed E-state index contributed by atoms with van der Waals surface area (Å²) in [6, 6.07) is 2.05. The van der Waals surface area contributed by atoms with Gasteiger partial charge in [-0.2, -0.15) is 0 Å². The fourth-order valence-corrected chi connectivity index (χ4v) is 2.42. The quantitative estimate of drug-likeness (QED) is 0.829. The standard InChI is InChI=1S/C14H20N2O2/c1-2-18-13-7-11(8-16-9-13)14(17)10-3-5-12(15)6-4-10/h7-10,12H,2-6,15H2,1H3. The molecule has 2 rings (SSSR count). The lowest BCUT2D eigenvalue weighted by atomic mass is 9.82. The highest BCUT2D eigenvalue weighted by Gasteiger charge is 2.25. The molecule has 0 atom stereocenters. The van der Waals surface area contributed by atoms with E-state index in [1.807, 2.05) is 6.92 Å². The molecule has 1 fully saturated rings. The Labute approximate surface area is 108 Å². The van der Waals surface area contributed by atoms with Crippen LogP contribution in [0.25, 0.3) is 0 Å². The Morgan fingerprint density at radius 2 is 2.11 bits per heavy atom. The van der Waals surface area contributed by atoms with E-state index in [0.717, 1.165) is 25.7 Å². The summed E-state index contributed by atoms with van der Waals surface area (Å²) in [4.78, 5) is 16.4. The largest absolute Gasteiger partial charge is 0.492 e. The second kappa shape index (κ2) is 5.96. The summed E-state index contributed by atoms with van der Waals surface area (Å²) < 4.78 is 5.37. The first-order chi connectivity index (χ1) is 8.70. The number of ketones is 1. The Morgan fingerprint density at radius 1 is 1.39 bits per heavy atom. The molecule has 98 valence electrons. The van der Waals surface area contributed by atoms with Crippen LogP contribution in [-0.4, -0.2) is 23.4 Å². The summed E-state index contributed by atoms with van der Waals surface area (Å²) in [5, 5.41) is 0. The molecule has 0 aromatic carbocycles. The summed E-state index contributed by atoms with van der Waals surface area (Å²) in [6.07, 6.45) is 6.91. The van der Waals surface area contributed by atoms with Gasteiger partial charge in [-0.1, -0.05) is 0 Å². The fraction of sp³-hybridized carbons (Fsp3) is 0.571. The van der Waals surface area contributed by atoms with E-state index < -0.39 is 0 Å². The van der Waals surface area contributed by atoms with Gasteiger partial charge in [-0.15, -0.1) is 0 Å². The monoisotopic (exact) mass is 248 g/mol. The first-order valence-electron chi connectivity index (χ1n) is 6.58. The van der Waals surface area contributed by atoms with E-state index in [4.69, 9.17) is 10.5 Å². The van der Waals surface area contributed by atoms with E-state index in [1.54, 1.807) is 18.5 Å². The molecule has 1 aromatic rings. The summed E-state index contributed by atoms with van der Waals surface area (Å²) in [5.74, 6) is 0.940. The second-order valence-corrected chi connectivity index (χ2v) is 4.82. The average Bonchev–Trinajstić information content (AvgIpc) is 2.39. The van der Waals surface area contributed by atoms with E-state index in [0.29, 0.717) is 17.9 Å². The maximum Gasteiger partial charge on any atom is 0.167 e. The van der Waals surface area contributed by atoms with Crippen molar-refractivity contribution < 1.29 is 9.53 Å². The lowest BCUT2D eigenvalue weighted by Gasteiger charge is -2.24. The van der Waals surface area contributed by atoms with E-state index >= 15 is 0 Å². The highest BCUT2D eigenvalue weighted by atomic mass is 16.5. The number of aromatic nitrogens is 1. The molecule has 0 radical (unpaired) electrons. The minimum atomic E-state index is 0.100. The molecule has 4 nitrogen and oxygen atoms in total. The Bertz CT molecular complexity index is 412. The van der Waals surface area contributed by atoms with E-state index in [-0.39, 0.29) is 17.7 Å². The van der Waals surface area contributed by atoms with Crippen molar-refractivity contribution in [3.8, 4) is 5.75 Å². The summed E-state index contributed by atoms with van der Waals surface area (Å²) in [5.41, 5.74) is 6.51. The van der Waals surface area contributed by atoms with Crippen molar-refractivity contribution in [3.05, 3.63) is 24.0 Å². The molecule has 18 heavy (non-hydrogen) atoms. The van der Waals surface area contributed by atoms with Crippen LogP contribution in [0, 0.1) is 5.92 Å². The molecular formula is C14H20N2O2. The van der Waals surface area contributed by atoms with Crippen LogP contribution >= 0.6 is 0 Å². The van der Waals surface area contributed by atoms with Gasteiger partial charge in [-0.25, -0.2) is 0 Å². The predicted octanol–water partition coefficient (Wildman–Crippen LogP) is 2.18.